The van der Waals surface area contributed by atoms with Crippen molar-refractivity contribution in [3.8, 4) is 0 Å². The maximum Gasteiger partial charge on any atom is 0.138 e. The van der Waals surface area contributed by atoms with Gasteiger partial charge in [0, 0.05) is 25.1 Å². The number of aromatic nitrogens is 2. The third-order valence-electron chi connectivity index (χ3n) is 3.72. The Morgan fingerprint density at radius 3 is 2.48 bits per heavy atom. The van der Waals surface area contributed by atoms with Crippen LogP contribution in [0.4, 0.5) is 11.6 Å². The summed E-state index contributed by atoms with van der Waals surface area (Å²) < 4.78 is 5.86. The minimum absolute atomic E-state index is 0.0658. The molecule has 0 aliphatic heterocycles. The summed E-state index contributed by atoms with van der Waals surface area (Å²) in [7, 11) is 1.88. The van der Waals surface area contributed by atoms with Crippen LogP contribution in [0.25, 0.3) is 0 Å². The fraction of sp³-hybridized carbons (Fsp3) is 0.750. The molecule has 0 atom stereocenters. The summed E-state index contributed by atoms with van der Waals surface area (Å²) in [6.07, 6.45) is 5.52. The molecule has 21 heavy (non-hydrogen) atoms. The van der Waals surface area contributed by atoms with Gasteiger partial charge in [-0.25, -0.2) is 9.97 Å². The van der Waals surface area contributed by atoms with Crippen LogP contribution in [0.15, 0.2) is 6.07 Å². The van der Waals surface area contributed by atoms with E-state index in [1.54, 1.807) is 0 Å². The molecule has 0 radical (unpaired) electrons. The van der Waals surface area contributed by atoms with Crippen LogP contribution in [-0.2, 0) is 10.2 Å². The Hall–Kier alpha value is -1.36. The Morgan fingerprint density at radius 1 is 1.19 bits per heavy atom. The van der Waals surface area contributed by atoms with Crippen molar-refractivity contribution in [2.24, 2.45) is 0 Å². The maximum absolute atomic E-state index is 5.86. The first-order valence-electron chi connectivity index (χ1n) is 7.92. The van der Waals surface area contributed by atoms with E-state index in [4.69, 9.17) is 4.74 Å². The Morgan fingerprint density at radius 2 is 1.86 bits per heavy atom. The molecule has 0 amide bonds. The number of rotatable bonds is 6. The predicted octanol–water partition coefficient (Wildman–Crippen LogP) is 3.19. The Balaban J connectivity index is 1.89. The van der Waals surface area contributed by atoms with E-state index < -0.39 is 0 Å². The standard InChI is InChI=1S/C16H28N4O/c1-16(2,3)15-19-13(17-4)11-14(20-15)18-9-10-21-12-7-5-6-8-12/h11-12H,5-10H2,1-4H3,(H2,17,18,19,20). The lowest BCUT2D eigenvalue weighted by molar-refractivity contribution is 0.0658. The van der Waals surface area contributed by atoms with Crippen LogP contribution < -0.4 is 10.6 Å². The SMILES string of the molecule is CNc1cc(NCCOC2CCCC2)nc(C(C)(C)C)n1. The van der Waals surface area contributed by atoms with Crippen LogP contribution in [0.5, 0.6) is 0 Å². The normalized spacial score (nSPS) is 16.2. The van der Waals surface area contributed by atoms with E-state index in [0.29, 0.717) is 6.10 Å². The fourth-order valence-electron chi connectivity index (χ4n) is 2.46. The highest BCUT2D eigenvalue weighted by Crippen LogP contribution is 2.22. The van der Waals surface area contributed by atoms with Gasteiger partial charge in [-0.15, -0.1) is 0 Å². The molecule has 2 rings (SSSR count). The van der Waals surface area contributed by atoms with Crippen molar-refractivity contribution in [3.63, 3.8) is 0 Å². The van der Waals surface area contributed by atoms with Gasteiger partial charge in [-0.2, -0.15) is 0 Å². The average molecular weight is 292 g/mol. The quantitative estimate of drug-likeness (QED) is 0.789. The molecule has 1 aromatic heterocycles. The lowest BCUT2D eigenvalue weighted by Crippen LogP contribution is -2.20. The topological polar surface area (TPSA) is 59.1 Å². The number of ether oxygens (including phenoxy) is 1. The first kappa shape index (κ1) is 16.0. The molecule has 0 saturated heterocycles. The summed E-state index contributed by atoms with van der Waals surface area (Å²) in [4.78, 5) is 9.13. The van der Waals surface area contributed by atoms with Crippen molar-refractivity contribution >= 4 is 11.6 Å². The molecule has 118 valence electrons. The van der Waals surface area contributed by atoms with Gasteiger partial charge in [-0.1, -0.05) is 33.6 Å². The Labute approximate surface area is 127 Å². The van der Waals surface area contributed by atoms with Gasteiger partial charge in [0.1, 0.15) is 17.5 Å². The number of nitrogens with one attached hydrogen (secondary N) is 2. The molecule has 1 saturated carbocycles. The zero-order valence-corrected chi connectivity index (χ0v) is 13.7. The van der Waals surface area contributed by atoms with Gasteiger partial charge in [-0.3, -0.25) is 0 Å². The van der Waals surface area contributed by atoms with Crippen molar-refractivity contribution in [1.82, 2.24) is 9.97 Å². The van der Waals surface area contributed by atoms with Crippen molar-refractivity contribution < 1.29 is 4.74 Å². The Bertz CT molecular complexity index is 450. The van der Waals surface area contributed by atoms with E-state index in [0.717, 1.165) is 30.6 Å². The molecule has 2 N–H and O–H groups in total. The van der Waals surface area contributed by atoms with E-state index >= 15 is 0 Å². The summed E-state index contributed by atoms with van der Waals surface area (Å²) in [5, 5.41) is 6.43. The molecular formula is C16H28N4O. The number of hydrogen-bond acceptors (Lipinski definition) is 5. The summed E-state index contributed by atoms with van der Waals surface area (Å²) in [5.41, 5.74) is -0.0658. The van der Waals surface area contributed by atoms with Crippen molar-refractivity contribution in [2.75, 3.05) is 30.8 Å². The van der Waals surface area contributed by atoms with Gasteiger partial charge in [-0.05, 0) is 12.8 Å². The van der Waals surface area contributed by atoms with Crippen LogP contribution in [0.2, 0.25) is 0 Å². The van der Waals surface area contributed by atoms with E-state index in [9.17, 15) is 0 Å². The predicted molar refractivity (Wildman–Crippen MR) is 87.0 cm³/mol. The molecule has 1 fully saturated rings. The zero-order chi connectivity index (χ0) is 15.3. The number of anilines is 2. The third kappa shape index (κ3) is 4.84. The van der Waals surface area contributed by atoms with Gasteiger partial charge < -0.3 is 15.4 Å². The van der Waals surface area contributed by atoms with E-state index in [2.05, 4.69) is 41.4 Å². The minimum atomic E-state index is -0.0658. The second-order valence-electron chi connectivity index (χ2n) is 6.67. The van der Waals surface area contributed by atoms with Gasteiger partial charge in [0.2, 0.25) is 0 Å². The summed E-state index contributed by atoms with van der Waals surface area (Å²) in [6, 6.07) is 1.94. The van der Waals surface area contributed by atoms with Crippen molar-refractivity contribution in [2.45, 2.75) is 58.0 Å². The third-order valence-corrected chi connectivity index (χ3v) is 3.72. The molecule has 0 spiro atoms. The van der Waals surface area contributed by atoms with Crippen LogP contribution in [0.1, 0.15) is 52.3 Å². The van der Waals surface area contributed by atoms with Crippen LogP contribution in [0.3, 0.4) is 0 Å². The molecule has 5 nitrogen and oxygen atoms in total. The molecule has 5 heteroatoms. The lowest BCUT2D eigenvalue weighted by Gasteiger charge is -2.19. The maximum atomic E-state index is 5.86. The lowest BCUT2D eigenvalue weighted by atomic mass is 9.96. The monoisotopic (exact) mass is 292 g/mol. The molecule has 1 aliphatic rings. The second kappa shape index (κ2) is 7.07. The molecule has 0 unspecified atom stereocenters. The molecule has 1 aromatic rings. The van der Waals surface area contributed by atoms with E-state index in [1.165, 1.54) is 25.7 Å². The molecular weight excluding hydrogens is 264 g/mol. The van der Waals surface area contributed by atoms with Crippen molar-refractivity contribution in [3.05, 3.63) is 11.9 Å². The van der Waals surface area contributed by atoms with Gasteiger partial charge in [0.05, 0.1) is 12.7 Å². The number of hydrogen-bond donors (Lipinski definition) is 2. The van der Waals surface area contributed by atoms with Crippen molar-refractivity contribution in [1.29, 1.82) is 0 Å². The fourth-order valence-corrected chi connectivity index (χ4v) is 2.46. The van der Waals surface area contributed by atoms with Gasteiger partial charge >= 0.3 is 0 Å². The van der Waals surface area contributed by atoms with Gasteiger partial charge in [0.25, 0.3) is 0 Å². The molecule has 1 aliphatic carbocycles. The van der Waals surface area contributed by atoms with Crippen LogP contribution >= 0.6 is 0 Å². The van der Waals surface area contributed by atoms with Gasteiger partial charge in [0.15, 0.2) is 0 Å². The zero-order valence-electron chi connectivity index (χ0n) is 13.7. The smallest absolute Gasteiger partial charge is 0.138 e. The van der Waals surface area contributed by atoms with Crippen LogP contribution in [-0.4, -0.2) is 36.3 Å². The number of nitrogens with zero attached hydrogens (tertiary/aromatic N) is 2. The average Bonchev–Trinajstić information content (AvgIpc) is 2.95. The molecule has 1 heterocycles. The molecule has 0 bridgehead atoms. The second-order valence-corrected chi connectivity index (χ2v) is 6.67. The summed E-state index contributed by atoms with van der Waals surface area (Å²) in [5.74, 6) is 2.54. The summed E-state index contributed by atoms with van der Waals surface area (Å²) in [6.45, 7) is 7.87. The first-order chi connectivity index (χ1) is 9.99. The highest BCUT2D eigenvalue weighted by Gasteiger charge is 2.19. The highest BCUT2D eigenvalue weighted by atomic mass is 16.5. The first-order valence-corrected chi connectivity index (χ1v) is 7.92. The van der Waals surface area contributed by atoms with E-state index in [-0.39, 0.29) is 5.41 Å². The minimum Gasteiger partial charge on any atom is -0.376 e. The van der Waals surface area contributed by atoms with E-state index in [1.807, 2.05) is 13.1 Å². The Kier molecular flexibility index (Phi) is 5.39. The summed E-state index contributed by atoms with van der Waals surface area (Å²) >= 11 is 0. The highest BCUT2D eigenvalue weighted by molar-refractivity contribution is 5.47. The molecule has 0 aromatic carbocycles. The largest absolute Gasteiger partial charge is 0.376 e. The van der Waals surface area contributed by atoms with Crippen LogP contribution in [0, 0.1) is 0 Å².